The molecule has 1 unspecified atom stereocenters. The topological polar surface area (TPSA) is 95.2 Å². The second-order valence-electron chi connectivity index (χ2n) is 7.36. The SMILES string of the molecule is CCCN(Cc1nc2cc(Cl)ccc2c(=O)[nH]1)C(=O)c1ccc2c(c1)NC(=O)C(C)S2. The molecule has 2 amide bonds. The quantitative estimate of drug-likeness (QED) is 0.603. The van der Waals surface area contributed by atoms with Crippen molar-refractivity contribution < 1.29 is 9.59 Å². The normalized spacial score (nSPS) is 15.5. The van der Waals surface area contributed by atoms with Crippen molar-refractivity contribution in [3.63, 3.8) is 0 Å². The van der Waals surface area contributed by atoms with Gasteiger partial charge in [-0.25, -0.2) is 4.98 Å². The highest BCUT2D eigenvalue weighted by atomic mass is 35.5. The summed E-state index contributed by atoms with van der Waals surface area (Å²) in [6.45, 7) is 4.46. The van der Waals surface area contributed by atoms with Crippen molar-refractivity contribution in [3.8, 4) is 0 Å². The van der Waals surface area contributed by atoms with Gasteiger partial charge in [0.05, 0.1) is 28.4 Å². The van der Waals surface area contributed by atoms with E-state index in [4.69, 9.17) is 11.6 Å². The molecule has 2 aromatic carbocycles. The van der Waals surface area contributed by atoms with Gasteiger partial charge in [0.2, 0.25) is 5.91 Å². The van der Waals surface area contributed by atoms with Crippen molar-refractivity contribution in [2.24, 2.45) is 0 Å². The van der Waals surface area contributed by atoms with E-state index in [1.807, 2.05) is 19.9 Å². The minimum Gasteiger partial charge on any atom is -0.331 e. The number of carbonyl (C=O) groups excluding carboxylic acids is 2. The van der Waals surface area contributed by atoms with E-state index in [9.17, 15) is 14.4 Å². The number of aromatic amines is 1. The molecule has 1 aliphatic heterocycles. The second-order valence-corrected chi connectivity index (χ2v) is 9.18. The van der Waals surface area contributed by atoms with Crippen LogP contribution < -0.4 is 10.9 Å². The van der Waals surface area contributed by atoms with Crippen molar-refractivity contribution in [1.29, 1.82) is 0 Å². The first kappa shape index (κ1) is 21.4. The van der Waals surface area contributed by atoms with E-state index in [0.717, 1.165) is 11.3 Å². The predicted octanol–water partition coefficient (Wildman–Crippen LogP) is 4.06. The molecule has 0 bridgehead atoms. The zero-order chi connectivity index (χ0) is 22.1. The molecule has 0 aliphatic carbocycles. The van der Waals surface area contributed by atoms with E-state index < -0.39 is 0 Å². The van der Waals surface area contributed by atoms with Gasteiger partial charge < -0.3 is 15.2 Å². The van der Waals surface area contributed by atoms with Crippen LogP contribution in [0.25, 0.3) is 10.9 Å². The van der Waals surface area contributed by atoms with Gasteiger partial charge in [-0.05, 0) is 49.7 Å². The Morgan fingerprint density at radius 1 is 1.23 bits per heavy atom. The highest BCUT2D eigenvalue weighted by Gasteiger charge is 2.25. The lowest BCUT2D eigenvalue weighted by Crippen LogP contribution is -2.33. The maximum absolute atomic E-state index is 13.2. The summed E-state index contributed by atoms with van der Waals surface area (Å²) in [5.74, 6) is 0.109. The minimum atomic E-state index is -0.275. The molecule has 0 radical (unpaired) electrons. The van der Waals surface area contributed by atoms with Crippen LogP contribution in [-0.2, 0) is 11.3 Å². The van der Waals surface area contributed by atoms with Gasteiger partial charge in [-0.1, -0.05) is 18.5 Å². The van der Waals surface area contributed by atoms with E-state index >= 15 is 0 Å². The Kier molecular flexibility index (Phi) is 6.02. The minimum absolute atomic E-state index is 0.0795. The fourth-order valence-electron chi connectivity index (χ4n) is 3.46. The summed E-state index contributed by atoms with van der Waals surface area (Å²) < 4.78 is 0. The molecule has 1 aliphatic rings. The third kappa shape index (κ3) is 4.45. The summed E-state index contributed by atoms with van der Waals surface area (Å²) in [4.78, 5) is 47.5. The Labute approximate surface area is 188 Å². The Bertz CT molecular complexity index is 1240. The molecule has 4 rings (SSSR count). The van der Waals surface area contributed by atoms with Crippen LogP contribution in [0.3, 0.4) is 0 Å². The maximum Gasteiger partial charge on any atom is 0.258 e. The van der Waals surface area contributed by atoms with Gasteiger partial charge >= 0.3 is 0 Å². The van der Waals surface area contributed by atoms with E-state index in [-0.39, 0.29) is 29.2 Å². The molecular formula is C22H21ClN4O3S. The third-order valence-electron chi connectivity index (χ3n) is 5.00. The van der Waals surface area contributed by atoms with Crippen molar-refractivity contribution in [2.45, 2.75) is 37.0 Å². The Morgan fingerprint density at radius 3 is 2.81 bits per heavy atom. The first-order chi connectivity index (χ1) is 14.9. The molecule has 2 heterocycles. The number of hydrogen-bond acceptors (Lipinski definition) is 5. The summed E-state index contributed by atoms with van der Waals surface area (Å²) >= 11 is 7.51. The number of thioether (sulfide) groups is 1. The number of halogens is 1. The third-order valence-corrected chi connectivity index (χ3v) is 6.41. The number of hydrogen-bond donors (Lipinski definition) is 2. The van der Waals surface area contributed by atoms with Crippen LogP contribution >= 0.6 is 23.4 Å². The highest BCUT2D eigenvalue weighted by Crippen LogP contribution is 2.36. The van der Waals surface area contributed by atoms with Crippen LogP contribution in [0, 0.1) is 0 Å². The average molecular weight is 457 g/mol. The number of rotatable bonds is 5. The lowest BCUT2D eigenvalue weighted by molar-refractivity contribution is -0.115. The smallest absolute Gasteiger partial charge is 0.258 e. The lowest BCUT2D eigenvalue weighted by atomic mass is 10.1. The number of aromatic nitrogens is 2. The number of H-pyrrole nitrogens is 1. The highest BCUT2D eigenvalue weighted by molar-refractivity contribution is 8.00. The summed E-state index contributed by atoms with van der Waals surface area (Å²) in [6.07, 6.45) is 0.741. The number of fused-ring (bicyclic) bond motifs is 2. The summed E-state index contributed by atoms with van der Waals surface area (Å²) in [5, 5.41) is 3.61. The van der Waals surface area contributed by atoms with E-state index in [1.54, 1.807) is 35.2 Å². The van der Waals surface area contributed by atoms with E-state index in [2.05, 4.69) is 15.3 Å². The number of carbonyl (C=O) groups is 2. The zero-order valence-corrected chi connectivity index (χ0v) is 18.6. The van der Waals surface area contributed by atoms with Crippen LogP contribution in [0.1, 0.15) is 36.5 Å². The molecule has 7 nitrogen and oxygen atoms in total. The van der Waals surface area contributed by atoms with Crippen molar-refractivity contribution >= 4 is 51.8 Å². The number of amides is 2. The van der Waals surface area contributed by atoms with Gasteiger partial charge in [0.1, 0.15) is 5.82 Å². The molecule has 160 valence electrons. The lowest BCUT2D eigenvalue weighted by Gasteiger charge is -2.24. The predicted molar refractivity (Wildman–Crippen MR) is 123 cm³/mol. The molecule has 0 saturated carbocycles. The van der Waals surface area contributed by atoms with Crippen LogP contribution in [0.5, 0.6) is 0 Å². The Morgan fingerprint density at radius 2 is 2.03 bits per heavy atom. The van der Waals surface area contributed by atoms with Gasteiger partial charge in [0.25, 0.3) is 11.5 Å². The fraction of sp³-hybridized carbons (Fsp3) is 0.273. The monoisotopic (exact) mass is 456 g/mol. The molecule has 3 aromatic rings. The maximum atomic E-state index is 13.2. The molecule has 1 aromatic heterocycles. The zero-order valence-electron chi connectivity index (χ0n) is 17.1. The number of benzene rings is 2. The fourth-order valence-corrected chi connectivity index (χ4v) is 4.56. The first-order valence-corrected chi connectivity index (χ1v) is 11.2. The van der Waals surface area contributed by atoms with Crippen LogP contribution in [0.15, 0.2) is 46.1 Å². The average Bonchev–Trinajstić information content (AvgIpc) is 2.73. The molecule has 0 fully saturated rings. The van der Waals surface area contributed by atoms with Gasteiger partial charge in [0, 0.05) is 22.0 Å². The molecule has 31 heavy (non-hydrogen) atoms. The number of nitrogens with zero attached hydrogens (tertiary/aromatic N) is 2. The molecule has 1 atom stereocenters. The van der Waals surface area contributed by atoms with Gasteiger partial charge in [0.15, 0.2) is 0 Å². The van der Waals surface area contributed by atoms with Crippen LogP contribution in [-0.4, -0.2) is 38.5 Å². The van der Waals surface area contributed by atoms with Crippen LogP contribution in [0.4, 0.5) is 5.69 Å². The molecule has 2 N–H and O–H groups in total. The molecular weight excluding hydrogens is 436 g/mol. The van der Waals surface area contributed by atoms with Crippen LogP contribution in [0.2, 0.25) is 5.02 Å². The van der Waals surface area contributed by atoms with Crippen molar-refractivity contribution in [2.75, 3.05) is 11.9 Å². The van der Waals surface area contributed by atoms with E-state index in [0.29, 0.717) is 39.5 Å². The second kappa shape index (κ2) is 8.72. The van der Waals surface area contributed by atoms with Gasteiger partial charge in [-0.2, -0.15) is 0 Å². The first-order valence-electron chi connectivity index (χ1n) is 9.95. The van der Waals surface area contributed by atoms with Crippen molar-refractivity contribution in [3.05, 3.63) is 63.2 Å². The van der Waals surface area contributed by atoms with Crippen molar-refractivity contribution in [1.82, 2.24) is 14.9 Å². The largest absolute Gasteiger partial charge is 0.331 e. The molecule has 0 saturated heterocycles. The standard InChI is InChI=1S/C22H21ClN4O3S/c1-3-8-27(11-19-24-16-10-14(23)5-6-15(16)21(29)26-19)22(30)13-4-7-18-17(9-13)25-20(28)12(2)31-18/h4-7,9-10,12H,3,8,11H2,1-2H3,(H,25,28)(H,24,26,29). The summed E-state index contributed by atoms with van der Waals surface area (Å²) in [7, 11) is 0. The number of nitrogens with one attached hydrogen (secondary N) is 2. The summed E-state index contributed by atoms with van der Waals surface area (Å²) in [6, 6.07) is 10.2. The molecule has 0 spiro atoms. The number of anilines is 1. The molecule has 9 heteroatoms. The van der Waals surface area contributed by atoms with Gasteiger partial charge in [-0.15, -0.1) is 11.8 Å². The summed E-state index contributed by atoms with van der Waals surface area (Å²) in [5.41, 5.74) is 1.32. The Balaban J connectivity index is 1.63. The van der Waals surface area contributed by atoms with Gasteiger partial charge in [-0.3, -0.25) is 14.4 Å². The van der Waals surface area contributed by atoms with E-state index in [1.165, 1.54) is 11.8 Å². The Hall–Kier alpha value is -2.84.